The van der Waals surface area contributed by atoms with Crippen LogP contribution >= 0.6 is 0 Å². The highest BCUT2D eigenvalue weighted by atomic mass is 32.2. The van der Waals surface area contributed by atoms with Crippen molar-refractivity contribution in [1.29, 1.82) is 0 Å². The van der Waals surface area contributed by atoms with Crippen molar-refractivity contribution < 1.29 is 22.7 Å². The van der Waals surface area contributed by atoms with Gasteiger partial charge in [0.25, 0.3) is 0 Å². The van der Waals surface area contributed by atoms with Crippen molar-refractivity contribution in [2.75, 3.05) is 20.8 Å². The van der Waals surface area contributed by atoms with Gasteiger partial charge in [0.05, 0.1) is 25.0 Å². The molecule has 1 fully saturated rings. The molecule has 1 aliphatic rings. The molecule has 2 atom stereocenters. The number of hydrogen-bond donors (Lipinski definition) is 1. The maximum Gasteiger partial charge on any atom is 0.308 e. The summed E-state index contributed by atoms with van der Waals surface area (Å²) in [6.45, 7) is 0.244. The minimum absolute atomic E-state index is 0.0239. The van der Waals surface area contributed by atoms with Crippen molar-refractivity contribution in [3.8, 4) is 5.75 Å². The summed E-state index contributed by atoms with van der Waals surface area (Å²) in [6.07, 6.45) is 3.55. The monoisotopic (exact) mass is 341 g/mol. The minimum Gasteiger partial charge on any atom is -0.497 e. The van der Waals surface area contributed by atoms with Crippen LogP contribution in [0.2, 0.25) is 0 Å². The normalized spacial score (nSPS) is 21.7. The van der Waals surface area contributed by atoms with Gasteiger partial charge in [-0.25, -0.2) is 13.1 Å². The lowest BCUT2D eigenvalue weighted by Crippen LogP contribution is -2.37. The first-order valence-corrected chi connectivity index (χ1v) is 9.18. The summed E-state index contributed by atoms with van der Waals surface area (Å²) < 4.78 is 37.2. The van der Waals surface area contributed by atoms with E-state index in [0.717, 1.165) is 25.7 Å². The van der Waals surface area contributed by atoms with Crippen molar-refractivity contribution in [3.05, 3.63) is 24.3 Å². The molecule has 0 aromatic heterocycles. The van der Waals surface area contributed by atoms with Crippen LogP contribution in [0.1, 0.15) is 25.7 Å². The zero-order valence-corrected chi connectivity index (χ0v) is 14.3. The van der Waals surface area contributed by atoms with Crippen LogP contribution in [0.5, 0.6) is 5.75 Å². The van der Waals surface area contributed by atoms with Crippen LogP contribution in [0, 0.1) is 11.8 Å². The number of ether oxygens (including phenoxy) is 2. The van der Waals surface area contributed by atoms with Gasteiger partial charge < -0.3 is 9.47 Å². The quantitative estimate of drug-likeness (QED) is 0.800. The summed E-state index contributed by atoms with van der Waals surface area (Å²) >= 11 is 0. The number of rotatable bonds is 6. The fourth-order valence-corrected chi connectivity index (χ4v) is 4.06. The SMILES string of the molecule is COC(=O)C1CCCCC1CNS(=O)(=O)c1ccc(OC)cc1. The Morgan fingerprint density at radius 1 is 1.17 bits per heavy atom. The van der Waals surface area contributed by atoms with Gasteiger partial charge in [-0.1, -0.05) is 12.8 Å². The van der Waals surface area contributed by atoms with E-state index in [0.29, 0.717) is 5.75 Å². The zero-order valence-electron chi connectivity index (χ0n) is 13.4. The largest absolute Gasteiger partial charge is 0.497 e. The summed E-state index contributed by atoms with van der Waals surface area (Å²) in [6, 6.07) is 6.21. The number of methoxy groups -OCH3 is 2. The van der Waals surface area contributed by atoms with Crippen molar-refractivity contribution in [2.24, 2.45) is 11.8 Å². The molecule has 1 aliphatic carbocycles. The van der Waals surface area contributed by atoms with E-state index in [1.807, 2.05) is 0 Å². The standard InChI is InChI=1S/C16H23NO5S/c1-21-13-7-9-14(10-8-13)23(19,20)17-11-12-5-3-4-6-15(12)16(18)22-2/h7-10,12,15,17H,3-6,11H2,1-2H3. The lowest BCUT2D eigenvalue weighted by molar-refractivity contribution is -0.148. The maximum atomic E-state index is 12.4. The second kappa shape index (κ2) is 7.79. The number of hydrogen-bond acceptors (Lipinski definition) is 5. The number of sulfonamides is 1. The molecule has 0 amide bonds. The maximum absolute atomic E-state index is 12.4. The molecule has 0 spiro atoms. The van der Waals surface area contributed by atoms with Crippen molar-refractivity contribution in [2.45, 2.75) is 30.6 Å². The lowest BCUT2D eigenvalue weighted by atomic mass is 9.79. The second-order valence-electron chi connectivity index (χ2n) is 5.70. The minimum atomic E-state index is -3.60. The van der Waals surface area contributed by atoms with Crippen LogP contribution < -0.4 is 9.46 Å². The molecule has 2 unspecified atom stereocenters. The molecule has 0 heterocycles. The average molecular weight is 341 g/mol. The van der Waals surface area contributed by atoms with Gasteiger partial charge in [0.1, 0.15) is 5.75 Å². The molecule has 128 valence electrons. The van der Waals surface area contributed by atoms with Gasteiger partial charge in [-0.05, 0) is 43.0 Å². The molecular weight excluding hydrogens is 318 g/mol. The third-order valence-corrected chi connectivity index (χ3v) is 5.76. The highest BCUT2D eigenvalue weighted by Gasteiger charge is 2.32. The van der Waals surface area contributed by atoms with E-state index in [4.69, 9.17) is 9.47 Å². The number of nitrogens with one attached hydrogen (secondary N) is 1. The molecule has 23 heavy (non-hydrogen) atoms. The van der Waals surface area contributed by atoms with E-state index in [1.54, 1.807) is 12.1 Å². The van der Waals surface area contributed by atoms with Crippen LogP contribution in [0.4, 0.5) is 0 Å². The molecule has 0 saturated heterocycles. The second-order valence-corrected chi connectivity index (χ2v) is 7.47. The Balaban J connectivity index is 2.03. The van der Waals surface area contributed by atoms with E-state index >= 15 is 0 Å². The summed E-state index contributed by atoms with van der Waals surface area (Å²) in [7, 11) is -0.702. The van der Waals surface area contributed by atoms with Crippen molar-refractivity contribution in [3.63, 3.8) is 0 Å². The first kappa shape index (κ1) is 17.7. The molecule has 0 radical (unpaired) electrons. The van der Waals surface area contributed by atoms with Gasteiger partial charge >= 0.3 is 5.97 Å². The van der Waals surface area contributed by atoms with Gasteiger partial charge in [-0.15, -0.1) is 0 Å². The first-order valence-electron chi connectivity index (χ1n) is 7.69. The molecule has 2 rings (SSSR count). The Morgan fingerprint density at radius 2 is 1.83 bits per heavy atom. The summed E-state index contributed by atoms with van der Waals surface area (Å²) in [5, 5.41) is 0. The molecule has 1 N–H and O–H groups in total. The Bertz CT molecular complexity index is 626. The Hall–Kier alpha value is -1.60. The number of carbonyl (C=O) groups excluding carboxylic acids is 1. The van der Waals surface area contributed by atoms with E-state index in [9.17, 15) is 13.2 Å². The average Bonchev–Trinajstić information content (AvgIpc) is 2.59. The summed E-state index contributed by atoms with van der Waals surface area (Å²) in [5.41, 5.74) is 0. The summed E-state index contributed by atoms with van der Waals surface area (Å²) in [4.78, 5) is 12.0. The first-order chi connectivity index (χ1) is 11.0. The topological polar surface area (TPSA) is 81.7 Å². The molecule has 0 bridgehead atoms. The molecule has 1 saturated carbocycles. The van der Waals surface area contributed by atoms with E-state index in [1.165, 1.54) is 26.4 Å². The smallest absolute Gasteiger partial charge is 0.308 e. The third-order valence-electron chi connectivity index (χ3n) is 4.32. The van der Waals surface area contributed by atoms with Gasteiger partial charge in [-0.2, -0.15) is 0 Å². The van der Waals surface area contributed by atoms with Crippen LogP contribution in [0.3, 0.4) is 0 Å². The highest BCUT2D eigenvalue weighted by Crippen LogP contribution is 2.30. The van der Waals surface area contributed by atoms with E-state index in [-0.39, 0.29) is 29.2 Å². The predicted octanol–water partition coefficient (Wildman–Crippen LogP) is 1.95. The molecule has 0 aliphatic heterocycles. The fraction of sp³-hybridized carbons (Fsp3) is 0.562. The Kier molecular flexibility index (Phi) is 6.01. The van der Waals surface area contributed by atoms with Crippen molar-refractivity contribution in [1.82, 2.24) is 4.72 Å². The van der Waals surface area contributed by atoms with Gasteiger partial charge in [-0.3, -0.25) is 4.79 Å². The fourth-order valence-electron chi connectivity index (χ4n) is 2.97. The third kappa shape index (κ3) is 4.45. The number of esters is 1. The molecule has 1 aromatic rings. The predicted molar refractivity (Wildman–Crippen MR) is 85.6 cm³/mol. The molecule has 6 nitrogen and oxygen atoms in total. The molecule has 1 aromatic carbocycles. The lowest BCUT2D eigenvalue weighted by Gasteiger charge is -2.29. The highest BCUT2D eigenvalue weighted by molar-refractivity contribution is 7.89. The van der Waals surface area contributed by atoms with Crippen LogP contribution in [-0.4, -0.2) is 35.2 Å². The van der Waals surface area contributed by atoms with Crippen LogP contribution in [0.25, 0.3) is 0 Å². The van der Waals surface area contributed by atoms with Crippen LogP contribution in [0.15, 0.2) is 29.2 Å². The van der Waals surface area contributed by atoms with Gasteiger partial charge in [0, 0.05) is 6.54 Å². The Morgan fingerprint density at radius 3 is 2.43 bits per heavy atom. The number of benzene rings is 1. The molecular formula is C16H23NO5S. The van der Waals surface area contributed by atoms with Crippen molar-refractivity contribution >= 4 is 16.0 Å². The van der Waals surface area contributed by atoms with Crippen LogP contribution in [-0.2, 0) is 19.6 Å². The Labute approximate surface area is 137 Å². The zero-order chi connectivity index (χ0) is 16.9. The number of carbonyl (C=O) groups is 1. The van der Waals surface area contributed by atoms with E-state index in [2.05, 4.69) is 4.72 Å². The van der Waals surface area contributed by atoms with Gasteiger partial charge in [0.2, 0.25) is 10.0 Å². The molecule has 7 heteroatoms. The van der Waals surface area contributed by atoms with E-state index < -0.39 is 10.0 Å². The summed E-state index contributed by atoms with van der Waals surface area (Å²) in [5.74, 6) is 0.0943. The van der Waals surface area contributed by atoms with Gasteiger partial charge in [0.15, 0.2) is 0 Å².